The number of rotatable bonds is 6. The first kappa shape index (κ1) is 27.6. The number of hydrazine groups is 1. The van der Waals surface area contributed by atoms with Crippen LogP contribution in [0.15, 0.2) is 47.2 Å². The molecule has 1 saturated carbocycles. The second-order valence-corrected chi connectivity index (χ2v) is 11.2. The number of pyridine rings is 1. The van der Waals surface area contributed by atoms with E-state index in [1.165, 1.54) is 29.1 Å². The van der Waals surface area contributed by atoms with Crippen LogP contribution in [-0.4, -0.2) is 55.7 Å². The zero-order chi connectivity index (χ0) is 27.8. The average molecular weight is 604 g/mol. The summed E-state index contributed by atoms with van der Waals surface area (Å²) in [6.07, 6.45) is 2.37. The molecule has 0 aliphatic heterocycles. The topological polar surface area (TPSA) is 118 Å². The van der Waals surface area contributed by atoms with Gasteiger partial charge in [0.05, 0.1) is 17.7 Å². The van der Waals surface area contributed by atoms with Crippen molar-refractivity contribution in [2.75, 3.05) is 7.11 Å². The van der Waals surface area contributed by atoms with Gasteiger partial charge in [-0.05, 0) is 80.7 Å². The summed E-state index contributed by atoms with van der Waals surface area (Å²) in [5, 5.41) is 8.75. The largest absolute Gasteiger partial charge is 0.496 e. The lowest BCUT2D eigenvalue weighted by atomic mass is 10.0. The van der Waals surface area contributed by atoms with Gasteiger partial charge >= 0.3 is 0 Å². The van der Waals surface area contributed by atoms with Crippen molar-refractivity contribution in [1.29, 1.82) is 0 Å². The van der Waals surface area contributed by atoms with E-state index < -0.39 is 28.8 Å². The monoisotopic (exact) mass is 602 g/mol. The highest BCUT2D eigenvalue weighted by atomic mass is 79.9. The standard InChI is InChI=1S/C26H28BrClN6O4/c1-15-16(8-6-10-19(15)38-5)22(35)32-34(25(2,3)4)24(37)26(11-12-26)30-23(36)18-14-20(27)31-33(18)21-17(28)9-7-13-29-21/h6-10,13-14H,11-12H2,1-5H3,(H,30,36)(H,32,35). The van der Waals surface area contributed by atoms with Crippen LogP contribution in [0, 0.1) is 6.92 Å². The summed E-state index contributed by atoms with van der Waals surface area (Å²) in [5.41, 5.74) is 1.96. The second kappa shape index (κ2) is 10.4. The van der Waals surface area contributed by atoms with Gasteiger partial charge in [0.25, 0.3) is 17.7 Å². The van der Waals surface area contributed by atoms with E-state index in [1.54, 1.807) is 58.0 Å². The first-order chi connectivity index (χ1) is 17.9. The van der Waals surface area contributed by atoms with Crippen molar-refractivity contribution >= 4 is 45.3 Å². The zero-order valence-electron chi connectivity index (χ0n) is 21.6. The number of carbonyl (C=O) groups excluding carboxylic acids is 3. The third-order valence-electron chi connectivity index (χ3n) is 6.20. The normalized spacial score (nSPS) is 14.0. The molecule has 0 saturated heterocycles. The first-order valence-electron chi connectivity index (χ1n) is 11.9. The molecule has 0 unspecified atom stereocenters. The number of amides is 3. The van der Waals surface area contributed by atoms with E-state index in [-0.39, 0.29) is 11.5 Å². The molecule has 1 aliphatic rings. The smallest absolute Gasteiger partial charge is 0.270 e. The highest BCUT2D eigenvalue weighted by molar-refractivity contribution is 9.10. The molecule has 2 heterocycles. The van der Waals surface area contributed by atoms with Crippen molar-refractivity contribution in [3.63, 3.8) is 0 Å². The molecule has 38 heavy (non-hydrogen) atoms. The van der Waals surface area contributed by atoms with Crippen molar-refractivity contribution in [2.24, 2.45) is 0 Å². The molecule has 0 bridgehead atoms. The van der Waals surface area contributed by atoms with Crippen molar-refractivity contribution in [2.45, 2.75) is 51.6 Å². The van der Waals surface area contributed by atoms with Crippen LogP contribution in [0.5, 0.6) is 5.75 Å². The molecular weight excluding hydrogens is 576 g/mol. The lowest BCUT2D eigenvalue weighted by Crippen LogP contribution is -2.62. The van der Waals surface area contributed by atoms with Crippen LogP contribution < -0.4 is 15.5 Å². The Hall–Kier alpha value is -3.44. The zero-order valence-corrected chi connectivity index (χ0v) is 24.0. The van der Waals surface area contributed by atoms with Gasteiger partial charge in [-0.2, -0.15) is 5.10 Å². The Balaban J connectivity index is 1.59. The molecule has 1 aromatic carbocycles. The number of benzene rings is 1. The second-order valence-electron chi connectivity index (χ2n) is 9.99. The number of methoxy groups -OCH3 is 1. The van der Waals surface area contributed by atoms with Crippen LogP contribution in [0.1, 0.15) is 60.0 Å². The lowest BCUT2D eigenvalue weighted by molar-refractivity contribution is -0.142. The van der Waals surface area contributed by atoms with E-state index >= 15 is 0 Å². The Bertz CT molecular complexity index is 1410. The van der Waals surface area contributed by atoms with Gasteiger partial charge in [-0.3, -0.25) is 19.8 Å². The molecule has 2 aromatic heterocycles. The Morgan fingerprint density at radius 2 is 1.87 bits per heavy atom. The Labute approximate surface area is 233 Å². The highest BCUT2D eigenvalue weighted by Gasteiger charge is 2.55. The van der Waals surface area contributed by atoms with Crippen molar-refractivity contribution in [1.82, 2.24) is 30.5 Å². The number of halogens is 2. The van der Waals surface area contributed by atoms with Gasteiger partial charge in [0.1, 0.15) is 21.6 Å². The minimum Gasteiger partial charge on any atom is -0.496 e. The Kier molecular flexibility index (Phi) is 7.53. The number of carbonyl (C=O) groups is 3. The van der Waals surface area contributed by atoms with Crippen molar-refractivity contribution in [3.8, 4) is 11.6 Å². The molecule has 3 amide bonds. The summed E-state index contributed by atoms with van der Waals surface area (Å²) >= 11 is 9.58. The molecule has 1 aliphatic carbocycles. The maximum atomic E-state index is 13.8. The lowest BCUT2D eigenvalue weighted by Gasteiger charge is -2.38. The van der Waals surface area contributed by atoms with Crippen molar-refractivity contribution in [3.05, 3.63) is 69.0 Å². The van der Waals surface area contributed by atoms with Crippen LogP contribution in [0.2, 0.25) is 5.02 Å². The van der Waals surface area contributed by atoms with Gasteiger partial charge in [0.2, 0.25) is 0 Å². The summed E-state index contributed by atoms with van der Waals surface area (Å²) in [7, 11) is 1.53. The molecule has 0 radical (unpaired) electrons. The predicted octanol–water partition coefficient (Wildman–Crippen LogP) is 4.23. The Morgan fingerprint density at radius 3 is 2.47 bits per heavy atom. The van der Waals surface area contributed by atoms with Crippen LogP contribution in [0.3, 0.4) is 0 Å². The van der Waals surface area contributed by atoms with E-state index in [2.05, 4.69) is 36.8 Å². The number of nitrogens with zero attached hydrogens (tertiary/aromatic N) is 4. The average Bonchev–Trinajstić information content (AvgIpc) is 3.54. The van der Waals surface area contributed by atoms with E-state index in [1.807, 2.05) is 0 Å². The fourth-order valence-corrected chi connectivity index (χ4v) is 4.56. The summed E-state index contributed by atoms with van der Waals surface area (Å²) in [4.78, 5) is 44.7. The Morgan fingerprint density at radius 1 is 1.16 bits per heavy atom. The van der Waals surface area contributed by atoms with Gasteiger partial charge in [0.15, 0.2) is 5.82 Å². The molecule has 2 N–H and O–H groups in total. The van der Waals surface area contributed by atoms with E-state index in [0.29, 0.717) is 39.3 Å². The fourth-order valence-electron chi connectivity index (χ4n) is 3.99. The number of hydrogen-bond donors (Lipinski definition) is 2. The van der Waals surface area contributed by atoms with Crippen LogP contribution >= 0.6 is 27.5 Å². The fraction of sp³-hybridized carbons (Fsp3) is 0.346. The summed E-state index contributed by atoms with van der Waals surface area (Å²) < 4.78 is 7.04. The van der Waals surface area contributed by atoms with Gasteiger partial charge < -0.3 is 10.1 Å². The molecule has 200 valence electrons. The number of aromatic nitrogens is 3. The number of hydrogen-bond acceptors (Lipinski definition) is 6. The quantitative estimate of drug-likeness (QED) is 0.407. The van der Waals surface area contributed by atoms with Crippen LogP contribution in [-0.2, 0) is 4.79 Å². The number of ether oxygens (including phenoxy) is 1. The molecule has 12 heteroatoms. The van der Waals surface area contributed by atoms with Gasteiger partial charge in [-0.25, -0.2) is 14.7 Å². The molecule has 10 nitrogen and oxygen atoms in total. The number of nitrogens with one attached hydrogen (secondary N) is 2. The van der Waals surface area contributed by atoms with E-state index in [0.717, 1.165) is 0 Å². The van der Waals surface area contributed by atoms with Crippen LogP contribution in [0.4, 0.5) is 0 Å². The third kappa shape index (κ3) is 5.39. The highest BCUT2D eigenvalue weighted by Crippen LogP contribution is 2.39. The summed E-state index contributed by atoms with van der Waals surface area (Å²) in [5.74, 6) is -0.571. The molecule has 3 aromatic rings. The van der Waals surface area contributed by atoms with E-state index in [4.69, 9.17) is 16.3 Å². The van der Waals surface area contributed by atoms with Gasteiger partial charge in [0, 0.05) is 23.4 Å². The first-order valence-corrected chi connectivity index (χ1v) is 13.0. The van der Waals surface area contributed by atoms with Gasteiger partial charge in [-0.15, -0.1) is 0 Å². The minimum absolute atomic E-state index is 0.148. The predicted molar refractivity (Wildman–Crippen MR) is 145 cm³/mol. The summed E-state index contributed by atoms with van der Waals surface area (Å²) in [6, 6.07) is 9.96. The third-order valence-corrected chi connectivity index (χ3v) is 6.88. The maximum absolute atomic E-state index is 13.8. The van der Waals surface area contributed by atoms with Crippen LogP contribution in [0.25, 0.3) is 5.82 Å². The maximum Gasteiger partial charge on any atom is 0.270 e. The molecule has 0 spiro atoms. The molecular formula is C26H28BrClN6O4. The SMILES string of the molecule is COc1cccc(C(=O)NN(C(=O)C2(NC(=O)c3cc(Br)nn3-c3ncccc3Cl)CC2)C(C)(C)C)c1C. The molecule has 4 rings (SSSR count). The van der Waals surface area contributed by atoms with Crippen molar-refractivity contribution < 1.29 is 19.1 Å². The summed E-state index contributed by atoms with van der Waals surface area (Å²) in [6.45, 7) is 7.18. The van der Waals surface area contributed by atoms with E-state index in [9.17, 15) is 14.4 Å². The molecule has 1 fully saturated rings. The molecule has 0 atom stereocenters. The van der Waals surface area contributed by atoms with Gasteiger partial charge in [-0.1, -0.05) is 17.7 Å². The minimum atomic E-state index is -1.18.